The molecule has 0 amide bonds. The Labute approximate surface area is 118 Å². The summed E-state index contributed by atoms with van der Waals surface area (Å²) >= 11 is 0. The second-order valence-corrected chi connectivity index (χ2v) is 5.07. The van der Waals surface area contributed by atoms with Crippen molar-refractivity contribution in [3.63, 3.8) is 0 Å². The third-order valence-corrected chi connectivity index (χ3v) is 3.78. The molecule has 1 aliphatic rings. The maximum absolute atomic E-state index is 5.98. The lowest BCUT2D eigenvalue weighted by Gasteiger charge is -2.32. The van der Waals surface area contributed by atoms with E-state index in [1.807, 2.05) is 18.5 Å². The number of aromatic nitrogens is 4. The summed E-state index contributed by atoms with van der Waals surface area (Å²) in [6, 6.07) is 2.28. The summed E-state index contributed by atoms with van der Waals surface area (Å²) in [7, 11) is 0. The first-order valence-electron chi connectivity index (χ1n) is 7.22. The smallest absolute Gasteiger partial charge is 0.139 e. The van der Waals surface area contributed by atoms with E-state index in [4.69, 9.17) is 4.74 Å². The second-order valence-electron chi connectivity index (χ2n) is 5.07. The first-order chi connectivity index (χ1) is 9.88. The minimum Gasteiger partial charge on any atom is -0.369 e. The molecule has 2 aromatic heterocycles. The summed E-state index contributed by atoms with van der Waals surface area (Å²) in [6.45, 7) is 4.63. The number of aryl methyl sites for hydroxylation is 1. The van der Waals surface area contributed by atoms with Gasteiger partial charge in [0.05, 0.1) is 0 Å². The van der Waals surface area contributed by atoms with Crippen LogP contribution in [0.1, 0.15) is 37.4 Å². The van der Waals surface area contributed by atoms with Gasteiger partial charge in [0.2, 0.25) is 0 Å². The van der Waals surface area contributed by atoms with Crippen molar-refractivity contribution in [1.82, 2.24) is 25.1 Å². The molecule has 3 heterocycles. The summed E-state index contributed by atoms with van der Waals surface area (Å²) in [5.41, 5.74) is 1.09. The van der Waals surface area contributed by atoms with Crippen molar-refractivity contribution in [2.45, 2.75) is 45.0 Å². The first kappa shape index (κ1) is 13.3. The molecule has 0 spiro atoms. The van der Waals surface area contributed by atoms with Gasteiger partial charge in [0, 0.05) is 50.0 Å². The van der Waals surface area contributed by atoms with Crippen LogP contribution in [-0.2, 0) is 17.8 Å². The fourth-order valence-electron chi connectivity index (χ4n) is 2.71. The molecule has 108 valence electrons. The van der Waals surface area contributed by atoms with E-state index in [9.17, 15) is 0 Å². The number of hydrogen-bond acceptors (Lipinski definition) is 4. The van der Waals surface area contributed by atoms with E-state index in [0.717, 1.165) is 44.1 Å². The van der Waals surface area contributed by atoms with Gasteiger partial charge in [0.1, 0.15) is 11.9 Å². The lowest BCUT2D eigenvalue weighted by Crippen LogP contribution is -2.40. The molecule has 6 heteroatoms. The van der Waals surface area contributed by atoms with Crippen molar-refractivity contribution in [2.24, 2.45) is 0 Å². The third kappa shape index (κ3) is 2.76. The highest BCUT2D eigenvalue weighted by atomic mass is 16.5. The van der Waals surface area contributed by atoms with Crippen LogP contribution >= 0.6 is 0 Å². The molecule has 1 fully saturated rings. The van der Waals surface area contributed by atoms with Crippen LogP contribution in [0.2, 0.25) is 0 Å². The van der Waals surface area contributed by atoms with Crippen molar-refractivity contribution in [2.75, 3.05) is 6.61 Å². The molecule has 0 radical (unpaired) electrons. The lowest BCUT2D eigenvalue weighted by atomic mass is 10.0. The van der Waals surface area contributed by atoms with E-state index in [0.29, 0.717) is 6.04 Å². The Balaban J connectivity index is 1.70. The number of imidazole rings is 1. The van der Waals surface area contributed by atoms with E-state index in [2.05, 4.69) is 32.0 Å². The van der Waals surface area contributed by atoms with Gasteiger partial charge in [-0.05, 0) is 25.8 Å². The van der Waals surface area contributed by atoms with Crippen LogP contribution < -0.4 is 5.32 Å². The fourth-order valence-corrected chi connectivity index (χ4v) is 2.71. The Kier molecular flexibility index (Phi) is 4.13. The zero-order valence-corrected chi connectivity index (χ0v) is 11.7. The number of H-pyrrole nitrogens is 1. The zero-order valence-electron chi connectivity index (χ0n) is 11.7. The van der Waals surface area contributed by atoms with E-state index >= 15 is 0 Å². The number of aromatic amines is 1. The molecule has 6 nitrogen and oxygen atoms in total. The van der Waals surface area contributed by atoms with Crippen LogP contribution in [-0.4, -0.2) is 32.4 Å². The lowest BCUT2D eigenvalue weighted by molar-refractivity contribution is -0.0183. The van der Waals surface area contributed by atoms with Crippen LogP contribution in [0.15, 0.2) is 24.7 Å². The number of hydrogen-bond donors (Lipinski definition) is 2. The molecule has 0 bridgehead atoms. The number of nitrogens with one attached hydrogen (secondary N) is 2. The summed E-state index contributed by atoms with van der Waals surface area (Å²) in [4.78, 5) is 4.48. The molecule has 2 N–H and O–H groups in total. The monoisotopic (exact) mass is 275 g/mol. The van der Waals surface area contributed by atoms with Crippen LogP contribution in [0.5, 0.6) is 0 Å². The molecule has 0 aliphatic carbocycles. The Hall–Kier alpha value is -1.66. The Morgan fingerprint density at radius 2 is 2.45 bits per heavy atom. The van der Waals surface area contributed by atoms with E-state index in [1.165, 1.54) is 0 Å². The van der Waals surface area contributed by atoms with Gasteiger partial charge in [-0.25, -0.2) is 4.98 Å². The molecule has 0 aromatic carbocycles. The molecular weight excluding hydrogens is 254 g/mol. The van der Waals surface area contributed by atoms with E-state index in [-0.39, 0.29) is 6.10 Å². The largest absolute Gasteiger partial charge is 0.369 e. The average molecular weight is 275 g/mol. The molecule has 3 rings (SSSR count). The van der Waals surface area contributed by atoms with Crippen molar-refractivity contribution in [3.05, 3.63) is 36.2 Å². The van der Waals surface area contributed by atoms with E-state index < -0.39 is 0 Å². The predicted octanol–water partition coefficient (Wildman–Crippen LogP) is 1.64. The third-order valence-electron chi connectivity index (χ3n) is 3.78. The van der Waals surface area contributed by atoms with Crippen molar-refractivity contribution >= 4 is 0 Å². The van der Waals surface area contributed by atoms with Gasteiger partial charge in [0.15, 0.2) is 0 Å². The van der Waals surface area contributed by atoms with Crippen molar-refractivity contribution in [1.29, 1.82) is 0 Å². The van der Waals surface area contributed by atoms with Crippen LogP contribution in [0.4, 0.5) is 0 Å². The molecule has 1 aliphatic heterocycles. The normalized spacial score (nSPS) is 23.1. The average Bonchev–Trinajstić information content (AvgIpc) is 3.16. The summed E-state index contributed by atoms with van der Waals surface area (Å²) in [6.07, 6.45) is 7.86. The minimum atomic E-state index is 0.0293. The van der Waals surface area contributed by atoms with Crippen molar-refractivity contribution < 1.29 is 4.74 Å². The van der Waals surface area contributed by atoms with Crippen molar-refractivity contribution in [3.8, 4) is 0 Å². The highest BCUT2D eigenvalue weighted by molar-refractivity contribution is 5.04. The van der Waals surface area contributed by atoms with Gasteiger partial charge in [-0.1, -0.05) is 0 Å². The van der Waals surface area contributed by atoms with Crippen LogP contribution in [0.3, 0.4) is 0 Å². The highest BCUT2D eigenvalue weighted by Crippen LogP contribution is 2.27. The molecule has 0 unspecified atom stereocenters. The summed E-state index contributed by atoms with van der Waals surface area (Å²) in [5, 5.41) is 10.5. The second kappa shape index (κ2) is 6.19. The number of ether oxygens (including phenoxy) is 1. The first-order valence-corrected chi connectivity index (χ1v) is 7.22. The summed E-state index contributed by atoms with van der Waals surface area (Å²) in [5.74, 6) is 1.02. The van der Waals surface area contributed by atoms with Gasteiger partial charge in [-0.3, -0.25) is 5.10 Å². The summed E-state index contributed by atoms with van der Waals surface area (Å²) < 4.78 is 8.13. The zero-order chi connectivity index (χ0) is 13.8. The predicted molar refractivity (Wildman–Crippen MR) is 75.0 cm³/mol. The molecule has 2 aromatic rings. The quantitative estimate of drug-likeness (QED) is 0.870. The molecule has 1 saturated heterocycles. The van der Waals surface area contributed by atoms with Gasteiger partial charge in [-0.15, -0.1) is 0 Å². The topological polar surface area (TPSA) is 67.8 Å². The van der Waals surface area contributed by atoms with Crippen LogP contribution in [0, 0.1) is 0 Å². The Morgan fingerprint density at radius 3 is 3.25 bits per heavy atom. The number of nitrogens with zero attached hydrogens (tertiary/aromatic N) is 3. The van der Waals surface area contributed by atoms with Gasteiger partial charge in [0.25, 0.3) is 0 Å². The molecule has 0 saturated carbocycles. The maximum Gasteiger partial charge on any atom is 0.139 e. The number of rotatable bonds is 5. The minimum absolute atomic E-state index is 0.0293. The Morgan fingerprint density at radius 1 is 1.50 bits per heavy atom. The molecule has 20 heavy (non-hydrogen) atoms. The van der Waals surface area contributed by atoms with Crippen LogP contribution in [0.25, 0.3) is 0 Å². The SMILES string of the molecule is CCn1ccnc1[C@H]1OCCC[C@@H]1NCc1ccn[nH]1. The molecular formula is C14H21N5O. The fraction of sp³-hybridized carbons (Fsp3) is 0.571. The van der Waals surface area contributed by atoms with Gasteiger partial charge >= 0.3 is 0 Å². The maximum atomic E-state index is 5.98. The Bertz CT molecular complexity index is 521. The van der Waals surface area contributed by atoms with Gasteiger partial charge in [-0.2, -0.15) is 5.10 Å². The van der Waals surface area contributed by atoms with Gasteiger partial charge < -0.3 is 14.6 Å². The standard InChI is InChI=1S/C14H21N5O/c1-2-19-8-7-15-14(19)13-12(4-3-9-20-13)16-10-11-5-6-17-18-11/h5-8,12-13,16H,2-4,9-10H2,1H3,(H,17,18)/t12-,13-/m0/s1. The highest BCUT2D eigenvalue weighted by Gasteiger charge is 2.30. The van der Waals surface area contributed by atoms with E-state index in [1.54, 1.807) is 6.20 Å². The molecule has 2 atom stereocenters.